The van der Waals surface area contributed by atoms with Crippen LogP contribution >= 0.6 is 0 Å². The first-order chi connectivity index (χ1) is 12.4. The van der Waals surface area contributed by atoms with E-state index in [4.69, 9.17) is 5.10 Å². The van der Waals surface area contributed by atoms with Crippen molar-refractivity contribution < 1.29 is 0 Å². The molecule has 0 unspecified atom stereocenters. The second kappa shape index (κ2) is 6.15. The third-order valence-electron chi connectivity index (χ3n) is 5.46. The fourth-order valence-electron chi connectivity index (χ4n) is 4.25. The van der Waals surface area contributed by atoms with Crippen molar-refractivity contribution in [3.8, 4) is 11.5 Å². The number of rotatable bonds is 2. The van der Waals surface area contributed by atoms with Crippen molar-refractivity contribution in [3.05, 3.63) is 59.5 Å². The zero-order valence-electron chi connectivity index (χ0n) is 14.4. The number of nitrogens with zero attached hydrogens (tertiary/aromatic N) is 4. The summed E-state index contributed by atoms with van der Waals surface area (Å²) in [5.41, 5.74) is 5.16. The molecule has 5 rings (SSSR count). The summed E-state index contributed by atoms with van der Waals surface area (Å²) in [5.74, 6) is 0.988. The summed E-state index contributed by atoms with van der Waals surface area (Å²) in [6, 6.07) is 11.4. The fraction of sp³-hybridized carbons (Fsp3) is 0.400. The van der Waals surface area contributed by atoms with Gasteiger partial charge in [-0.3, -0.25) is 4.68 Å². The Morgan fingerprint density at radius 2 is 2.12 bits per heavy atom. The molecular formula is C20H23N5. The summed E-state index contributed by atoms with van der Waals surface area (Å²) in [4.78, 5) is 4.67. The van der Waals surface area contributed by atoms with E-state index in [1.165, 1.54) is 29.7 Å². The van der Waals surface area contributed by atoms with Crippen LogP contribution in [0.1, 0.15) is 42.1 Å². The molecule has 1 aliphatic carbocycles. The van der Waals surface area contributed by atoms with Crippen LogP contribution in [-0.4, -0.2) is 25.9 Å². The molecule has 0 saturated heterocycles. The Bertz CT molecular complexity index is 868. The summed E-state index contributed by atoms with van der Waals surface area (Å²) in [7, 11) is 0. The molecular weight excluding hydrogens is 310 g/mol. The number of benzene rings is 1. The lowest BCUT2D eigenvalue weighted by Gasteiger charge is -2.27. The van der Waals surface area contributed by atoms with Gasteiger partial charge in [0.15, 0.2) is 5.82 Å². The van der Waals surface area contributed by atoms with Crippen LogP contribution in [0.15, 0.2) is 42.7 Å². The first-order valence-corrected chi connectivity index (χ1v) is 9.28. The highest BCUT2D eigenvalue weighted by Gasteiger charge is 2.24. The topological polar surface area (TPSA) is 47.7 Å². The first-order valence-electron chi connectivity index (χ1n) is 9.28. The maximum atomic E-state index is 4.86. The number of nitrogens with one attached hydrogen (secondary N) is 1. The van der Waals surface area contributed by atoms with Gasteiger partial charge in [0.05, 0.1) is 11.7 Å². The van der Waals surface area contributed by atoms with Gasteiger partial charge in [-0.2, -0.15) is 5.10 Å². The molecule has 3 heterocycles. The van der Waals surface area contributed by atoms with Crippen molar-refractivity contribution >= 4 is 0 Å². The van der Waals surface area contributed by atoms with Crippen LogP contribution < -0.4 is 5.32 Å². The summed E-state index contributed by atoms with van der Waals surface area (Å²) in [6.45, 7) is 2.93. The van der Waals surface area contributed by atoms with E-state index in [-0.39, 0.29) is 0 Å². The van der Waals surface area contributed by atoms with Gasteiger partial charge in [-0.25, -0.2) is 4.98 Å². The van der Waals surface area contributed by atoms with Crippen molar-refractivity contribution in [2.75, 3.05) is 6.54 Å². The normalized spacial score (nSPS) is 19.9. The second-order valence-electron chi connectivity index (χ2n) is 7.04. The van der Waals surface area contributed by atoms with Gasteiger partial charge in [-0.15, -0.1) is 0 Å². The number of imidazole rings is 1. The third-order valence-corrected chi connectivity index (χ3v) is 5.46. The quantitative estimate of drug-likeness (QED) is 0.784. The smallest absolute Gasteiger partial charge is 0.161 e. The van der Waals surface area contributed by atoms with Crippen molar-refractivity contribution in [2.24, 2.45) is 0 Å². The van der Waals surface area contributed by atoms with Gasteiger partial charge in [-0.05, 0) is 49.4 Å². The third kappa shape index (κ3) is 2.59. The Morgan fingerprint density at radius 1 is 1.16 bits per heavy atom. The number of aryl methyl sites for hydroxylation is 2. The fourth-order valence-corrected chi connectivity index (χ4v) is 4.25. The Balaban J connectivity index is 1.55. The maximum Gasteiger partial charge on any atom is 0.161 e. The summed E-state index contributed by atoms with van der Waals surface area (Å²) in [5, 5.41) is 8.32. The predicted octanol–water partition coefficient (Wildman–Crippen LogP) is 3.17. The molecule has 2 aliphatic rings. The molecule has 0 amide bonds. The van der Waals surface area contributed by atoms with Crippen molar-refractivity contribution in [1.29, 1.82) is 0 Å². The van der Waals surface area contributed by atoms with Gasteiger partial charge in [0.2, 0.25) is 0 Å². The number of aromatic nitrogens is 4. The lowest BCUT2D eigenvalue weighted by molar-refractivity contribution is 0.492. The molecule has 0 radical (unpaired) electrons. The van der Waals surface area contributed by atoms with Crippen LogP contribution in [0.4, 0.5) is 0 Å². The molecule has 1 aliphatic heterocycles. The number of hydrogen-bond donors (Lipinski definition) is 1. The van der Waals surface area contributed by atoms with Crippen LogP contribution in [0.5, 0.6) is 0 Å². The molecule has 0 bridgehead atoms. The minimum Gasteiger partial charge on any atom is -0.322 e. The van der Waals surface area contributed by atoms with Crippen LogP contribution in [0.3, 0.4) is 0 Å². The zero-order chi connectivity index (χ0) is 16.6. The van der Waals surface area contributed by atoms with E-state index < -0.39 is 0 Å². The summed E-state index contributed by atoms with van der Waals surface area (Å²) < 4.78 is 4.47. The van der Waals surface area contributed by atoms with Gasteiger partial charge in [0.25, 0.3) is 0 Å². The van der Waals surface area contributed by atoms with Gasteiger partial charge in [0.1, 0.15) is 5.69 Å². The highest BCUT2D eigenvalue weighted by Crippen LogP contribution is 2.35. The highest BCUT2D eigenvalue weighted by atomic mass is 15.3. The molecule has 25 heavy (non-hydrogen) atoms. The maximum absolute atomic E-state index is 4.86. The van der Waals surface area contributed by atoms with E-state index in [9.17, 15) is 0 Å². The molecule has 1 atom stereocenters. The zero-order valence-corrected chi connectivity index (χ0v) is 14.4. The lowest BCUT2D eigenvalue weighted by atomic mass is 9.87. The van der Waals surface area contributed by atoms with E-state index in [1.807, 2.05) is 6.20 Å². The van der Waals surface area contributed by atoms with Gasteiger partial charge >= 0.3 is 0 Å². The van der Waals surface area contributed by atoms with E-state index in [0.717, 1.165) is 44.0 Å². The summed E-state index contributed by atoms with van der Waals surface area (Å²) >= 11 is 0. The minimum absolute atomic E-state index is 0.363. The lowest BCUT2D eigenvalue weighted by Crippen LogP contribution is -2.17. The predicted molar refractivity (Wildman–Crippen MR) is 97.3 cm³/mol. The van der Waals surface area contributed by atoms with Crippen LogP contribution in [0, 0.1) is 0 Å². The molecule has 0 spiro atoms. The molecule has 128 valence electrons. The second-order valence-corrected chi connectivity index (χ2v) is 7.04. The molecule has 0 saturated carbocycles. The molecule has 5 nitrogen and oxygen atoms in total. The average molecular weight is 333 g/mol. The molecule has 0 fully saturated rings. The molecule has 5 heteroatoms. The van der Waals surface area contributed by atoms with Crippen molar-refractivity contribution in [1.82, 2.24) is 24.6 Å². The van der Waals surface area contributed by atoms with Gasteiger partial charge < -0.3 is 9.88 Å². The summed E-state index contributed by atoms with van der Waals surface area (Å²) in [6.07, 6.45) is 8.72. The molecule has 1 aromatic carbocycles. The van der Waals surface area contributed by atoms with Crippen LogP contribution in [-0.2, 0) is 19.5 Å². The Hall–Kier alpha value is -2.40. The van der Waals surface area contributed by atoms with E-state index >= 15 is 0 Å². The minimum atomic E-state index is 0.363. The van der Waals surface area contributed by atoms with E-state index in [0.29, 0.717) is 6.04 Å². The highest BCUT2D eigenvalue weighted by molar-refractivity contribution is 5.51. The molecule has 1 N–H and O–H groups in total. The van der Waals surface area contributed by atoms with Crippen LogP contribution in [0.2, 0.25) is 0 Å². The van der Waals surface area contributed by atoms with Crippen molar-refractivity contribution in [2.45, 2.75) is 44.8 Å². The largest absolute Gasteiger partial charge is 0.322 e. The van der Waals surface area contributed by atoms with E-state index in [2.05, 4.69) is 56.1 Å². The monoisotopic (exact) mass is 333 g/mol. The van der Waals surface area contributed by atoms with Crippen molar-refractivity contribution in [3.63, 3.8) is 0 Å². The van der Waals surface area contributed by atoms with Crippen LogP contribution in [0.25, 0.3) is 11.5 Å². The average Bonchev–Trinajstić information content (AvgIpc) is 3.23. The van der Waals surface area contributed by atoms with Gasteiger partial charge in [-0.1, -0.05) is 24.3 Å². The van der Waals surface area contributed by atoms with E-state index in [1.54, 1.807) is 0 Å². The Morgan fingerprint density at radius 3 is 3.12 bits per heavy atom. The number of fused-ring (bicyclic) bond motifs is 2. The Kier molecular flexibility index (Phi) is 3.67. The standard InChI is InChI=1S/C20H23N5/c1-2-7-17-15(5-1)6-3-8-19(17)24-12-10-22-20(24)18-13-16-14-21-9-4-11-25(16)23-18/h1-2,5,7,10,12-13,19,21H,3-4,6,8-9,11,14H2/t19-/m0/s1. The molecule has 2 aromatic heterocycles. The molecule has 3 aromatic rings. The SMILES string of the molecule is c1ccc2c(c1)CCC[C@@H]2n1ccnc1-c1cc2n(n1)CCCNC2. The Labute approximate surface area is 147 Å². The van der Waals surface area contributed by atoms with Gasteiger partial charge in [0, 0.05) is 25.5 Å². The first kappa shape index (κ1) is 14.9. The number of hydrogen-bond acceptors (Lipinski definition) is 3.